The molecule has 0 aromatic carbocycles. The van der Waals surface area contributed by atoms with Crippen molar-refractivity contribution in [2.24, 2.45) is 16.8 Å². The number of likely N-dealkylation sites (N-methyl/N-ethyl adjacent to an activating group) is 1. The van der Waals surface area contributed by atoms with Crippen LogP contribution in [0.25, 0.3) is 0 Å². The van der Waals surface area contributed by atoms with E-state index in [1.54, 1.807) is 19.0 Å². The molecule has 3 rings (SSSR count). The number of guanidine groups is 1. The molecule has 0 aromatic rings. The Morgan fingerprint density at radius 2 is 1.95 bits per heavy atom. The Labute approximate surface area is 121 Å². The van der Waals surface area contributed by atoms with Crippen LogP contribution in [0.3, 0.4) is 0 Å². The van der Waals surface area contributed by atoms with Gasteiger partial charge in [-0.05, 0) is 43.9 Å². The van der Waals surface area contributed by atoms with Gasteiger partial charge in [-0.2, -0.15) is 0 Å². The molecule has 0 spiro atoms. The van der Waals surface area contributed by atoms with E-state index in [0.29, 0.717) is 6.04 Å². The van der Waals surface area contributed by atoms with Gasteiger partial charge in [-0.3, -0.25) is 4.79 Å². The summed E-state index contributed by atoms with van der Waals surface area (Å²) in [7, 11) is 3.57. The van der Waals surface area contributed by atoms with E-state index in [9.17, 15) is 4.79 Å². The molecule has 2 saturated carbocycles. The maximum atomic E-state index is 11.7. The quantitative estimate of drug-likeness (QED) is 0.614. The van der Waals surface area contributed by atoms with E-state index in [2.05, 4.69) is 15.2 Å². The first-order valence-electron chi connectivity index (χ1n) is 7.89. The van der Waals surface area contributed by atoms with Gasteiger partial charge >= 0.3 is 0 Å². The van der Waals surface area contributed by atoms with Gasteiger partial charge in [-0.1, -0.05) is 0 Å². The third-order valence-corrected chi connectivity index (χ3v) is 4.59. The number of hydrogen-bond donors (Lipinski definition) is 1. The van der Waals surface area contributed by atoms with Gasteiger partial charge in [-0.15, -0.1) is 0 Å². The lowest BCUT2D eigenvalue weighted by Gasteiger charge is -2.22. The van der Waals surface area contributed by atoms with Crippen LogP contribution in [-0.4, -0.2) is 61.4 Å². The molecular formula is C15H26N4O. The highest BCUT2D eigenvalue weighted by Gasteiger charge is 2.37. The number of likely N-dealkylation sites (tertiary alicyclic amines) is 1. The molecule has 0 radical (unpaired) electrons. The fourth-order valence-electron chi connectivity index (χ4n) is 2.86. The Bertz CT molecular complexity index is 399. The summed E-state index contributed by atoms with van der Waals surface area (Å²) in [6.45, 7) is 2.47. The summed E-state index contributed by atoms with van der Waals surface area (Å²) >= 11 is 0. The fraction of sp³-hybridized carbons (Fsp3) is 0.867. The zero-order chi connectivity index (χ0) is 14.1. The van der Waals surface area contributed by atoms with Gasteiger partial charge in [0.2, 0.25) is 5.91 Å². The van der Waals surface area contributed by atoms with E-state index >= 15 is 0 Å². The highest BCUT2D eigenvalue weighted by molar-refractivity contribution is 5.85. The Hall–Kier alpha value is -1.26. The second-order valence-corrected chi connectivity index (χ2v) is 6.68. The number of amides is 1. The Morgan fingerprint density at radius 3 is 2.55 bits per heavy atom. The summed E-state index contributed by atoms with van der Waals surface area (Å²) in [5.74, 6) is 2.85. The molecule has 20 heavy (non-hydrogen) atoms. The van der Waals surface area contributed by atoms with Crippen LogP contribution in [0.4, 0.5) is 0 Å². The van der Waals surface area contributed by atoms with E-state index in [0.717, 1.165) is 30.9 Å². The lowest BCUT2D eigenvalue weighted by atomic mass is 10.0. The van der Waals surface area contributed by atoms with Crippen LogP contribution >= 0.6 is 0 Å². The van der Waals surface area contributed by atoms with Gasteiger partial charge in [0.15, 0.2) is 5.96 Å². The Kier molecular flexibility index (Phi) is 3.85. The summed E-state index contributed by atoms with van der Waals surface area (Å²) in [5.41, 5.74) is 0. The molecule has 5 heteroatoms. The minimum atomic E-state index is 0.0676. The maximum absolute atomic E-state index is 11.7. The molecule has 3 aliphatic rings. The SMILES string of the molecule is CN(C)C(=O)CN=C(NC1CC1)N1CCC(C2CC2)C1. The van der Waals surface area contributed by atoms with E-state index in [1.165, 1.54) is 32.1 Å². The summed E-state index contributed by atoms with van der Waals surface area (Å²) < 4.78 is 0. The average molecular weight is 278 g/mol. The van der Waals surface area contributed by atoms with Crippen molar-refractivity contribution in [2.75, 3.05) is 33.7 Å². The van der Waals surface area contributed by atoms with Crippen molar-refractivity contribution in [3.63, 3.8) is 0 Å². The lowest BCUT2D eigenvalue weighted by molar-refractivity contribution is -0.127. The van der Waals surface area contributed by atoms with Crippen LogP contribution in [0.2, 0.25) is 0 Å². The van der Waals surface area contributed by atoms with Gasteiger partial charge in [0.05, 0.1) is 0 Å². The van der Waals surface area contributed by atoms with Gasteiger partial charge in [0.1, 0.15) is 6.54 Å². The third-order valence-electron chi connectivity index (χ3n) is 4.59. The molecule has 5 nitrogen and oxygen atoms in total. The summed E-state index contributed by atoms with van der Waals surface area (Å²) in [6.07, 6.45) is 6.60. The van der Waals surface area contributed by atoms with E-state index in [-0.39, 0.29) is 12.5 Å². The van der Waals surface area contributed by atoms with E-state index < -0.39 is 0 Å². The molecule has 3 fully saturated rings. The number of rotatable bonds is 4. The molecule has 1 amide bonds. The first-order chi connectivity index (χ1) is 9.63. The van der Waals surface area contributed by atoms with Crippen molar-refractivity contribution < 1.29 is 4.79 Å². The Balaban J connectivity index is 1.59. The van der Waals surface area contributed by atoms with Crippen LogP contribution in [-0.2, 0) is 4.79 Å². The first kappa shape index (κ1) is 13.7. The predicted molar refractivity (Wildman–Crippen MR) is 79.6 cm³/mol. The first-order valence-corrected chi connectivity index (χ1v) is 7.89. The molecule has 1 atom stereocenters. The number of nitrogens with one attached hydrogen (secondary N) is 1. The zero-order valence-corrected chi connectivity index (χ0v) is 12.6. The molecule has 112 valence electrons. The summed E-state index contributed by atoms with van der Waals surface area (Å²) in [4.78, 5) is 20.3. The highest BCUT2D eigenvalue weighted by Crippen LogP contribution is 2.41. The molecule has 2 aliphatic carbocycles. The third kappa shape index (κ3) is 3.44. The molecule has 1 aliphatic heterocycles. The van der Waals surface area contributed by atoms with Gasteiger partial charge in [-0.25, -0.2) is 4.99 Å². The van der Waals surface area contributed by atoms with Crippen LogP contribution in [0.1, 0.15) is 32.1 Å². The van der Waals surface area contributed by atoms with Crippen molar-refractivity contribution in [1.82, 2.24) is 15.1 Å². The number of hydrogen-bond acceptors (Lipinski definition) is 2. The summed E-state index contributed by atoms with van der Waals surface area (Å²) in [6, 6.07) is 0.586. The second kappa shape index (κ2) is 5.62. The van der Waals surface area contributed by atoms with Gasteiger partial charge in [0, 0.05) is 33.2 Å². The predicted octanol–water partition coefficient (Wildman–Crippen LogP) is 0.914. The number of carbonyl (C=O) groups excluding carboxylic acids is 1. The van der Waals surface area contributed by atoms with Crippen molar-refractivity contribution in [2.45, 2.75) is 38.1 Å². The van der Waals surface area contributed by atoms with E-state index in [1.807, 2.05) is 0 Å². The molecule has 1 heterocycles. The van der Waals surface area contributed by atoms with Crippen LogP contribution in [0, 0.1) is 11.8 Å². The van der Waals surface area contributed by atoms with Crippen molar-refractivity contribution >= 4 is 11.9 Å². The molecule has 1 N–H and O–H groups in total. The standard InChI is InChI=1S/C15H26N4O/c1-18(2)14(20)9-16-15(17-13-5-6-13)19-8-7-12(10-19)11-3-4-11/h11-13H,3-10H2,1-2H3,(H,16,17). The van der Waals surface area contributed by atoms with Gasteiger partial charge < -0.3 is 15.1 Å². The van der Waals surface area contributed by atoms with Crippen molar-refractivity contribution in [3.8, 4) is 0 Å². The summed E-state index contributed by atoms with van der Waals surface area (Å²) in [5, 5.41) is 3.51. The van der Waals surface area contributed by atoms with Gasteiger partial charge in [0.25, 0.3) is 0 Å². The minimum absolute atomic E-state index is 0.0676. The number of nitrogens with zero attached hydrogens (tertiary/aromatic N) is 3. The highest BCUT2D eigenvalue weighted by atomic mass is 16.2. The van der Waals surface area contributed by atoms with Crippen molar-refractivity contribution in [1.29, 1.82) is 0 Å². The molecule has 1 saturated heterocycles. The minimum Gasteiger partial charge on any atom is -0.353 e. The topological polar surface area (TPSA) is 47.9 Å². The molecular weight excluding hydrogens is 252 g/mol. The maximum Gasteiger partial charge on any atom is 0.243 e. The molecule has 1 unspecified atom stereocenters. The number of aliphatic imine (C=N–C) groups is 1. The number of carbonyl (C=O) groups is 1. The van der Waals surface area contributed by atoms with Crippen LogP contribution in [0.5, 0.6) is 0 Å². The lowest BCUT2D eigenvalue weighted by Crippen LogP contribution is -2.42. The normalized spacial score (nSPS) is 26.8. The van der Waals surface area contributed by atoms with E-state index in [4.69, 9.17) is 0 Å². The second-order valence-electron chi connectivity index (χ2n) is 6.68. The zero-order valence-electron chi connectivity index (χ0n) is 12.6. The monoisotopic (exact) mass is 278 g/mol. The van der Waals surface area contributed by atoms with Crippen LogP contribution < -0.4 is 5.32 Å². The van der Waals surface area contributed by atoms with Crippen LogP contribution in [0.15, 0.2) is 4.99 Å². The largest absolute Gasteiger partial charge is 0.353 e. The average Bonchev–Trinajstić information content (AvgIpc) is 3.35. The van der Waals surface area contributed by atoms with Crippen molar-refractivity contribution in [3.05, 3.63) is 0 Å². The fourth-order valence-corrected chi connectivity index (χ4v) is 2.86. The smallest absolute Gasteiger partial charge is 0.243 e. The Morgan fingerprint density at radius 1 is 1.20 bits per heavy atom. The molecule has 0 aromatic heterocycles. The molecule has 0 bridgehead atoms.